The highest BCUT2D eigenvalue weighted by Gasteiger charge is 2.36. The van der Waals surface area contributed by atoms with E-state index in [1.54, 1.807) is 17.8 Å². The lowest BCUT2D eigenvalue weighted by molar-refractivity contribution is -0.0376. The fourth-order valence-corrected chi connectivity index (χ4v) is 6.33. The maximum absolute atomic E-state index is 13.1. The summed E-state index contributed by atoms with van der Waals surface area (Å²) in [5.41, 5.74) is 2.12. The Balaban J connectivity index is 1.51. The van der Waals surface area contributed by atoms with Crippen molar-refractivity contribution in [1.82, 2.24) is 24.3 Å². The number of carbonyl (C=O) groups is 1. The molecule has 8 nitrogen and oxygen atoms in total. The summed E-state index contributed by atoms with van der Waals surface area (Å²) in [6.07, 6.45) is 7.88. The summed E-state index contributed by atoms with van der Waals surface area (Å²) < 4.78 is 3.81. The smallest absolute Gasteiger partial charge is 0.261 e. The van der Waals surface area contributed by atoms with Gasteiger partial charge in [0, 0.05) is 51.0 Å². The molecule has 3 aromatic rings. The van der Waals surface area contributed by atoms with Gasteiger partial charge in [0.25, 0.3) is 11.5 Å². The molecule has 2 fully saturated rings. The van der Waals surface area contributed by atoms with Gasteiger partial charge in [-0.2, -0.15) is 0 Å². The minimum absolute atomic E-state index is 0.0902. The molecule has 2 N–H and O–H groups in total. The van der Waals surface area contributed by atoms with E-state index in [2.05, 4.69) is 21.7 Å². The Morgan fingerprint density at radius 3 is 2.73 bits per heavy atom. The van der Waals surface area contributed by atoms with Gasteiger partial charge in [0.05, 0.1) is 22.2 Å². The van der Waals surface area contributed by atoms with Gasteiger partial charge in [0.15, 0.2) is 0 Å². The number of β-amino-alcohol motifs (C(OH)–C–C–N with tert-alkyl or cyclic N) is 1. The number of aromatic nitrogens is 3. The van der Waals surface area contributed by atoms with Gasteiger partial charge in [-0.05, 0) is 62.4 Å². The second kappa shape index (κ2) is 10.4. The minimum Gasteiger partial charge on any atom is -0.389 e. The van der Waals surface area contributed by atoms with E-state index in [9.17, 15) is 14.7 Å². The molecule has 1 aliphatic heterocycles. The Morgan fingerprint density at radius 1 is 1.22 bits per heavy atom. The normalized spacial score (nSPS) is 22.3. The number of hydrogen-bond acceptors (Lipinski definition) is 5. The third kappa shape index (κ3) is 5.09. The van der Waals surface area contributed by atoms with Crippen LogP contribution in [-0.2, 0) is 7.05 Å². The molecule has 0 bridgehead atoms. The van der Waals surface area contributed by atoms with Gasteiger partial charge >= 0.3 is 0 Å². The first-order chi connectivity index (χ1) is 17.8. The summed E-state index contributed by atoms with van der Waals surface area (Å²) in [5, 5.41) is 14.0. The fourth-order valence-electron chi connectivity index (χ4n) is 6.33. The number of aliphatic hydroxyl groups is 1. The van der Waals surface area contributed by atoms with Crippen molar-refractivity contribution in [2.45, 2.75) is 64.0 Å². The second-order valence-electron chi connectivity index (χ2n) is 11.1. The number of aryl methyl sites for hydroxylation is 1. The van der Waals surface area contributed by atoms with Crippen LogP contribution in [0.5, 0.6) is 0 Å². The first kappa shape index (κ1) is 25.7. The highest BCUT2D eigenvalue weighted by molar-refractivity contribution is 5.97. The molecule has 0 spiro atoms. The molecule has 0 unspecified atom stereocenters. The van der Waals surface area contributed by atoms with Gasteiger partial charge in [0.1, 0.15) is 5.82 Å². The van der Waals surface area contributed by atoms with Crippen LogP contribution >= 0.6 is 0 Å². The van der Waals surface area contributed by atoms with E-state index in [1.807, 2.05) is 37.3 Å². The molecule has 1 saturated heterocycles. The lowest BCUT2D eigenvalue weighted by atomic mass is 9.83. The number of nitrogens with zero attached hydrogens (tertiary/aromatic N) is 4. The fraction of sp³-hybridized carbons (Fsp3) is 0.552. The van der Waals surface area contributed by atoms with Crippen molar-refractivity contribution in [1.29, 1.82) is 0 Å². The molecule has 1 saturated carbocycles. The van der Waals surface area contributed by atoms with Crippen LogP contribution in [0.1, 0.15) is 68.8 Å². The van der Waals surface area contributed by atoms with Gasteiger partial charge in [-0.3, -0.25) is 9.59 Å². The number of carbonyl (C=O) groups excluding carboxylic acids is 1. The zero-order valence-electron chi connectivity index (χ0n) is 22.2. The molecular formula is C29H39N5O3. The molecule has 1 aliphatic carbocycles. The number of rotatable bonds is 6. The second-order valence-corrected chi connectivity index (χ2v) is 11.1. The number of nitrogens with one attached hydrogen (secondary N) is 1. The lowest BCUT2D eigenvalue weighted by Gasteiger charge is -2.43. The Morgan fingerprint density at radius 2 is 2.00 bits per heavy atom. The maximum atomic E-state index is 13.1. The van der Waals surface area contributed by atoms with Gasteiger partial charge in [-0.25, -0.2) is 4.98 Å². The van der Waals surface area contributed by atoms with Crippen LogP contribution in [0.4, 0.5) is 0 Å². The number of imidazole rings is 1. The predicted molar refractivity (Wildman–Crippen MR) is 146 cm³/mol. The van der Waals surface area contributed by atoms with Crippen molar-refractivity contribution in [2.24, 2.45) is 13.0 Å². The first-order valence-electron chi connectivity index (χ1n) is 13.7. The van der Waals surface area contributed by atoms with E-state index in [0.717, 1.165) is 62.8 Å². The lowest BCUT2D eigenvalue weighted by Crippen LogP contribution is -2.49. The summed E-state index contributed by atoms with van der Waals surface area (Å²) in [4.78, 5) is 33.0. The van der Waals surface area contributed by atoms with Crippen molar-refractivity contribution in [3.05, 3.63) is 52.4 Å². The van der Waals surface area contributed by atoms with Gasteiger partial charge in [-0.15, -0.1) is 0 Å². The molecule has 2 atom stereocenters. The summed E-state index contributed by atoms with van der Waals surface area (Å²) in [6.45, 7) is 7.22. The molecule has 2 aliphatic rings. The number of amides is 1. The monoisotopic (exact) mass is 505 g/mol. The average Bonchev–Trinajstić information content (AvgIpc) is 3.24. The number of benzene rings is 1. The van der Waals surface area contributed by atoms with Crippen LogP contribution in [-0.4, -0.2) is 61.8 Å². The molecule has 3 heterocycles. The van der Waals surface area contributed by atoms with Gasteiger partial charge in [0.2, 0.25) is 0 Å². The zero-order valence-corrected chi connectivity index (χ0v) is 22.2. The Bertz CT molecular complexity index is 1340. The first-order valence-corrected chi connectivity index (χ1v) is 13.7. The highest BCUT2D eigenvalue weighted by Crippen LogP contribution is 2.37. The third-order valence-electron chi connectivity index (χ3n) is 8.23. The number of hydrogen-bond donors (Lipinski definition) is 2. The van der Waals surface area contributed by atoms with E-state index in [4.69, 9.17) is 4.98 Å². The van der Waals surface area contributed by atoms with Crippen LogP contribution in [0.3, 0.4) is 0 Å². The highest BCUT2D eigenvalue weighted by atomic mass is 16.3. The summed E-state index contributed by atoms with van der Waals surface area (Å²) in [7, 11) is 1.75. The molecule has 5 rings (SSSR count). The van der Waals surface area contributed by atoms with Crippen molar-refractivity contribution in [3.8, 4) is 11.4 Å². The van der Waals surface area contributed by atoms with Crippen molar-refractivity contribution in [2.75, 3.05) is 26.2 Å². The summed E-state index contributed by atoms with van der Waals surface area (Å²) >= 11 is 0. The Kier molecular flexibility index (Phi) is 7.23. The Labute approximate surface area is 218 Å². The molecular weight excluding hydrogens is 466 g/mol. The minimum atomic E-state index is -0.566. The van der Waals surface area contributed by atoms with E-state index in [1.165, 1.54) is 6.42 Å². The standard InChI is InChI=1S/C29H39N5O3/c1-4-30-27(35)21-10-11-25-23(17-21)31-26(22-9-8-15-32(3)28(22)36)34(25)24-12-16-33(18-20(24)2)19-29(37)13-6-5-7-14-29/h8-11,15,17,20,24,37H,4-7,12-14,16,18-19H2,1-3H3,(H,30,35)/t20-,24-/m0/s1. The van der Waals surface area contributed by atoms with E-state index >= 15 is 0 Å². The third-order valence-corrected chi connectivity index (χ3v) is 8.23. The molecule has 198 valence electrons. The van der Waals surface area contributed by atoms with Crippen molar-refractivity contribution >= 4 is 16.9 Å². The quantitative estimate of drug-likeness (QED) is 0.533. The van der Waals surface area contributed by atoms with Gasteiger partial charge < -0.3 is 24.5 Å². The number of likely N-dealkylation sites (tertiary alicyclic amines) is 1. The van der Waals surface area contributed by atoms with E-state index < -0.39 is 5.60 Å². The SMILES string of the molecule is CCNC(=O)c1ccc2c(c1)nc(-c1cccn(C)c1=O)n2[C@H]1CCN(CC2(O)CCCCC2)C[C@@H]1C. The van der Waals surface area contributed by atoms with Crippen LogP contribution in [0.2, 0.25) is 0 Å². The largest absolute Gasteiger partial charge is 0.389 e. The van der Waals surface area contributed by atoms with Crippen LogP contribution in [0.25, 0.3) is 22.4 Å². The average molecular weight is 506 g/mol. The molecule has 0 radical (unpaired) electrons. The molecule has 8 heteroatoms. The van der Waals surface area contributed by atoms with Gasteiger partial charge in [-0.1, -0.05) is 26.2 Å². The van der Waals surface area contributed by atoms with E-state index in [0.29, 0.717) is 29.4 Å². The van der Waals surface area contributed by atoms with Crippen molar-refractivity contribution in [3.63, 3.8) is 0 Å². The molecule has 37 heavy (non-hydrogen) atoms. The number of fused-ring (bicyclic) bond motifs is 1. The summed E-state index contributed by atoms with van der Waals surface area (Å²) in [6, 6.07) is 9.49. The predicted octanol–water partition coefficient (Wildman–Crippen LogP) is 3.73. The number of piperidine rings is 1. The van der Waals surface area contributed by atoms with Crippen LogP contribution < -0.4 is 10.9 Å². The topological polar surface area (TPSA) is 92.4 Å². The molecule has 1 aromatic carbocycles. The Hall–Kier alpha value is -2.97. The summed E-state index contributed by atoms with van der Waals surface area (Å²) in [5.74, 6) is 0.826. The number of pyridine rings is 1. The van der Waals surface area contributed by atoms with E-state index in [-0.39, 0.29) is 17.5 Å². The molecule has 2 aromatic heterocycles. The van der Waals surface area contributed by atoms with Crippen LogP contribution in [0, 0.1) is 5.92 Å². The van der Waals surface area contributed by atoms with Crippen LogP contribution in [0.15, 0.2) is 41.3 Å². The molecule has 1 amide bonds. The maximum Gasteiger partial charge on any atom is 0.261 e. The van der Waals surface area contributed by atoms with Crippen molar-refractivity contribution < 1.29 is 9.90 Å². The zero-order chi connectivity index (χ0) is 26.2.